The van der Waals surface area contributed by atoms with Gasteiger partial charge in [0.25, 0.3) is 0 Å². The minimum Gasteiger partial charge on any atom is -0.326 e. The summed E-state index contributed by atoms with van der Waals surface area (Å²) in [5.74, 6) is 0.0106. The normalized spacial score (nSPS) is 11.1. The molecule has 1 heterocycles. The molecule has 1 aromatic heterocycles. The van der Waals surface area contributed by atoms with Gasteiger partial charge in [-0.3, -0.25) is 4.79 Å². The first-order valence-corrected chi connectivity index (χ1v) is 8.67. The molecule has 5 heteroatoms. The third kappa shape index (κ3) is 3.52. The van der Waals surface area contributed by atoms with Crippen LogP contribution in [0.1, 0.15) is 18.4 Å². The van der Waals surface area contributed by atoms with Crippen molar-refractivity contribution in [3.8, 4) is 0 Å². The number of fused-ring (bicyclic) bond motifs is 2. The first kappa shape index (κ1) is 16.1. The largest absolute Gasteiger partial charge is 0.326 e. The number of nitrogens with one attached hydrogen (secondary N) is 3. The van der Waals surface area contributed by atoms with E-state index in [2.05, 4.69) is 21.4 Å². The van der Waals surface area contributed by atoms with Gasteiger partial charge < -0.3 is 15.3 Å². The van der Waals surface area contributed by atoms with E-state index in [4.69, 9.17) is 0 Å². The summed E-state index contributed by atoms with van der Waals surface area (Å²) in [4.78, 5) is 29.0. The highest BCUT2D eigenvalue weighted by Crippen LogP contribution is 2.19. The smallest absolute Gasteiger partial charge is 0.323 e. The van der Waals surface area contributed by atoms with Crippen molar-refractivity contribution in [1.29, 1.82) is 0 Å². The van der Waals surface area contributed by atoms with Gasteiger partial charge in [0.05, 0.1) is 11.0 Å². The van der Waals surface area contributed by atoms with Crippen LogP contribution in [0.15, 0.2) is 65.5 Å². The number of hydrogen-bond acceptors (Lipinski definition) is 2. The molecule has 5 nitrogen and oxygen atoms in total. The fraction of sp³-hybridized carbons (Fsp3) is 0.143. The Balaban J connectivity index is 1.34. The third-order valence-corrected chi connectivity index (χ3v) is 4.48. The second-order valence-electron chi connectivity index (χ2n) is 6.42. The Morgan fingerprint density at radius 1 is 0.885 bits per heavy atom. The Morgan fingerprint density at radius 2 is 1.69 bits per heavy atom. The van der Waals surface area contributed by atoms with Gasteiger partial charge in [0.1, 0.15) is 0 Å². The van der Waals surface area contributed by atoms with Crippen LogP contribution in [-0.2, 0) is 11.2 Å². The molecule has 0 saturated heterocycles. The molecule has 0 aliphatic carbocycles. The molecule has 0 atom stereocenters. The number of aromatic nitrogens is 2. The second kappa shape index (κ2) is 6.88. The molecule has 0 spiro atoms. The summed E-state index contributed by atoms with van der Waals surface area (Å²) < 4.78 is 0. The Bertz CT molecular complexity index is 1140. The number of carbonyl (C=O) groups excluding carboxylic acids is 1. The molecule has 4 rings (SSSR count). The Labute approximate surface area is 150 Å². The van der Waals surface area contributed by atoms with Crippen LogP contribution in [0.3, 0.4) is 0 Å². The maximum atomic E-state index is 12.2. The zero-order valence-electron chi connectivity index (χ0n) is 14.2. The molecule has 0 saturated carbocycles. The van der Waals surface area contributed by atoms with Gasteiger partial charge in [-0.05, 0) is 53.4 Å². The Kier molecular flexibility index (Phi) is 4.27. The Hall–Kier alpha value is -3.34. The number of rotatable bonds is 5. The molecule has 0 aliphatic heterocycles. The Morgan fingerprint density at radius 3 is 2.58 bits per heavy atom. The summed E-state index contributed by atoms with van der Waals surface area (Å²) in [5.41, 5.74) is 3.32. The number of hydrogen-bond donors (Lipinski definition) is 3. The highest BCUT2D eigenvalue weighted by molar-refractivity contribution is 5.94. The summed E-state index contributed by atoms with van der Waals surface area (Å²) in [6.07, 6.45) is 1.99. The van der Waals surface area contributed by atoms with E-state index in [0.717, 1.165) is 45.9 Å². The van der Waals surface area contributed by atoms with Crippen LogP contribution in [0.4, 0.5) is 5.69 Å². The van der Waals surface area contributed by atoms with Crippen molar-refractivity contribution in [2.24, 2.45) is 0 Å². The van der Waals surface area contributed by atoms with Crippen LogP contribution in [0.25, 0.3) is 21.8 Å². The van der Waals surface area contributed by atoms with Crippen molar-refractivity contribution >= 4 is 33.4 Å². The van der Waals surface area contributed by atoms with Gasteiger partial charge in [-0.25, -0.2) is 4.79 Å². The number of carbonyl (C=O) groups is 1. The van der Waals surface area contributed by atoms with Crippen LogP contribution in [0.2, 0.25) is 0 Å². The first-order chi connectivity index (χ1) is 12.7. The summed E-state index contributed by atoms with van der Waals surface area (Å²) in [5, 5.41) is 5.23. The highest BCUT2D eigenvalue weighted by atomic mass is 16.1. The average Bonchev–Trinajstić information content (AvgIpc) is 3.01. The van der Waals surface area contributed by atoms with E-state index < -0.39 is 0 Å². The molecule has 4 aromatic rings. The number of anilines is 1. The molecule has 0 fully saturated rings. The van der Waals surface area contributed by atoms with Crippen LogP contribution in [0, 0.1) is 0 Å². The molecule has 0 bridgehead atoms. The monoisotopic (exact) mass is 345 g/mol. The van der Waals surface area contributed by atoms with E-state index in [-0.39, 0.29) is 11.6 Å². The predicted octanol–water partition coefficient (Wildman–Crippen LogP) is 3.97. The summed E-state index contributed by atoms with van der Waals surface area (Å²) in [7, 11) is 0. The van der Waals surface area contributed by atoms with Crippen LogP contribution in [0.5, 0.6) is 0 Å². The molecule has 130 valence electrons. The van der Waals surface area contributed by atoms with Crippen molar-refractivity contribution in [1.82, 2.24) is 9.97 Å². The fourth-order valence-corrected chi connectivity index (χ4v) is 3.18. The van der Waals surface area contributed by atoms with Gasteiger partial charge in [0.2, 0.25) is 5.91 Å². The maximum absolute atomic E-state index is 12.2. The molecule has 1 amide bonds. The number of imidazole rings is 1. The lowest BCUT2D eigenvalue weighted by Gasteiger charge is -2.07. The van der Waals surface area contributed by atoms with E-state index in [1.54, 1.807) is 0 Å². The van der Waals surface area contributed by atoms with Crippen LogP contribution < -0.4 is 11.0 Å². The molecular formula is C21H19N3O2. The van der Waals surface area contributed by atoms with Gasteiger partial charge in [-0.2, -0.15) is 0 Å². The molecule has 0 aliphatic rings. The molecular weight excluding hydrogens is 326 g/mol. The van der Waals surface area contributed by atoms with Gasteiger partial charge in [-0.1, -0.05) is 36.4 Å². The quantitative estimate of drug-likeness (QED) is 0.512. The van der Waals surface area contributed by atoms with E-state index >= 15 is 0 Å². The minimum atomic E-state index is -0.202. The zero-order chi connectivity index (χ0) is 17.9. The number of aromatic amines is 2. The SMILES string of the molecule is O=C(CCCc1ccc2[nH]c(=O)[nH]c2c1)Nc1ccc2ccccc2c1. The highest BCUT2D eigenvalue weighted by Gasteiger charge is 2.05. The first-order valence-electron chi connectivity index (χ1n) is 8.67. The van der Waals surface area contributed by atoms with E-state index in [0.29, 0.717) is 6.42 Å². The van der Waals surface area contributed by atoms with Crippen molar-refractivity contribution < 1.29 is 4.79 Å². The van der Waals surface area contributed by atoms with Crippen LogP contribution in [-0.4, -0.2) is 15.9 Å². The van der Waals surface area contributed by atoms with Crippen molar-refractivity contribution in [3.05, 3.63) is 76.7 Å². The van der Waals surface area contributed by atoms with Crippen molar-refractivity contribution in [3.63, 3.8) is 0 Å². The van der Waals surface area contributed by atoms with Gasteiger partial charge >= 0.3 is 5.69 Å². The summed E-state index contributed by atoms with van der Waals surface area (Å²) >= 11 is 0. The van der Waals surface area contributed by atoms with Crippen LogP contribution >= 0.6 is 0 Å². The van der Waals surface area contributed by atoms with E-state index in [1.165, 1.54) is 0 Å². The molecule has 3 aromatic carbocycles. The zero-order valence-corrected chi connectivity index (χ0v) is 14.2. The van der Waals surface area contributed by atoms with Crippen molar-refractivity contribution in [2.75, 3.05) is 5.32 Å². The van der Waals surface area contributed by atoms with Crippen molar-refractivity contribution in [2.45, 2.75) is 19.3 Å². The molecule has 0 unspecified atom stereocenters. The van der Waals surface area contributed by atoms with Gasteiger partial charge in [0, 0.05) is 12.1 Å². The van der Waals surface area contributed by atoms with Gasteiger partial charge in [-0.15, -0.1) is 0 Å². The number of benzene rings is 3. The van der Waals surface area contributed by atoms with E-state index in [9.17, 15) is 9.59 Å². The topological polar surface area (TPSA) is 77.8 Å². The molecule has 26 heavy (non-hydrogen) atoms. The lowest BCUT2D eigenvalue weighted by molar-refractivity contribution is -0.116. The number of amides is 1. The lowest BCUT2D eigenvalue weighted by Crippen LogP contribution is -2.11. The number of H-pyrrole nitrogens is 2. The lowest BCUT2D eigenvalue weighted by atomic mass is 10.1. The predicted molar refractivity (Wildman–Crippen MR) is 104 cm³/mol. The number of aryl methyl sites for hydroxylation is 1. The third-order valence-electron chi connectivity index (χ3n) is 4.48. The summed E-state index contributed by atoms with van der Waals surface area (Å²) in [6.45, 7) is 0. The second-order valence-corrected chi connectivity index (χ2v) is 6.42. The standard InChI is InChI=1S/C21H19N3O2/c25-20(22-17-10-9-15-5-1-2-6-16(15)13-17)7-3-4-14-8-11-18-19(12-14)24-21(26)23-18/h1-2,5-6,8-13H,3-4,7H2,(H,22,25)(H2,23,24,26). The van der Waals surface area contributed by atoms with Gasteiger partial charge in [0.15, 0.2) is 0 Å². The molecule has 0 radical (unpaired) electrons. The average molecular weight is 345 g/mol. The minimum absolute atomic E-state index is 0.0106. The molecule has 3 N–H and O–H groups in total. The fourth-order valence-electron chi connectivity index (χ4n) is 3.18. The maximum Gasteiger partial charge on any atom is 0.323 e. The summed E-state index contributed by atoms with van der Waals surface area (Å²) in [6, 6.07) is 19.8. The van der Waals surface area contributed by atoms with E-state index in [1.807, 2.05) is 54.6 Å².